The van der Waals surface area contributed by atoms with Crippen molar-refractivity contribution in [3.05, 3.63) is 29.8 Å². The molecule has 1 saturated heterocycles. The number of nitrogens with two attached hydrogens (primary N) is 1. The van der Waals surface area contributed by atoms with E-state index in [1.54, 1.807) is 0 Å². The van der Waals surface area contributed by atoms with E-state index in [0.717, 1.165) is 35.7 Å². The molecule has 2 aromatic heterocycles. The van der Waals surface area contributed by atoms with Crippen molar-refractivity contribution < 1.29 is 13.9 Å². The Hall–Kier alpha value is -2.16. The van der Waals surface area contributed by atoms with E-state index in [4.69, 9.17) is 24.6 Å². The van der Waals surface area contributed by atoms with E-state index in [0.29, 0.717) is 38.1 Å². The van der Waals surface area contributed by atoms with Crippen LogP contribution in [0.4, 0.5) is 11.6 Å². The number of ether oxygens (including phenoxy) is 2. The van der Waals surface area contributed by atoms with Gasteiger partial charge < -0.3 is 24.5 Å². The minimum absolute atomic E-state index is 0.172. The van der Waals surface area contributed by atoms with Crippen molar-refractivity contribution >= 4 is 20.0 Å². The van der Waals surface area contributed by atoms with Crippen LogP contribution in [0.5, 0.6) is 5.88 Å². The van der Waals surface area contributed by atoms with Crippen molar-refractivity contribution in [2.45, 2.75) is 45.8 Å². The number of hydrogen-bond acceptors (Lipinski definition) is 7. The average Bonchev–Trinajstić information content (AvgIpc) is 2.72. The number of rotatable bonds is 7. The maximum Gasteiger partial charge on any atom is 0.215 e. The van der Waals surface area contributed by atoms with Gasteiger partial charge in [0.1, 0.15) is 18.2 Å². The van der Waals surface area contributed by atoms with Gasteiger partial charge >= 0.3 is 0 Å². The van der Waals surface area contributed by atoms with Gasteiger partial charge in [0.15, 0.2) is 8.32 Å². The van der Waals surface area contributed by atoms with E-state index >= 15 is 0 Å². The maximum atomic E-state index is 6.24. The molecule has 0 aromatic carbocycles. The zero-order valence-electron chi connectivity index (χ0n) is 19.7. The van der Waals surface area contributed by atoms with Crippen molar-refractivity contribution in [2.75, 3.05) is 50.2 Å². The predicted molar refractivity (Wildman–Crippen MR) is 128 cm³/mol. The zero-order chi connectivity index (χ0) is 22.6. The third kappa shape index (κ3) is 5.96. The van der Waals surface area contributed by atoms with E-state index in [9.17, 15) is 0 Å². The van der Waals surface area contributed by atoms with Crippen LogP contribution < -0.4 is 15.4 Å². The Kier molecular flexibility index (Phi) is 7.23. The molecule has 0 amide bonds. The van der Waals surface area contributed by atoms with Gasteiger partial charge in [-0.2, -0.15) is 4.98 Å². The molecule has 3 heterocycles. The first-order valence-corrected chi connectivity index (χ1v) is 13.8. The largest absolute Gasteiger partial charge is 0.475 e. The molecule has 2 N–H and O–H groups in total. The average molecular weight is 445 g/mol. The number of hydrogen-bond donors (Lipinski definition) is 1. The van der Waals surface area contributed by atoms with Gasteiger partial charge in [-0.05, 0) is 42.8 Å². The Balaban J connectivity index is 1.81. The monoisotopic (exact) mass is 444 g/mol. The maximum absolute atomic E-state index is 6.24. The number of nitrogens with zero attached hydrogens (tertiary/aromatic N) is 3. The van der Waals surface area contributed by atoms with E-state index in [2.05, 4.69) is 49.8 Å². The number of aryl methyl sites for hydroxylation is 1. The first-order chi connectivity index (χ1) is 14.6. The van der Waals surface area contributed by atoms with Gasteiger partial charge in [-0.3, -0.25) is 0 Å². The zero-order valence-corrected chi connectivity index (χ0v) is 20.7. The number of nitrogen functional groups attached to an aromatic ring is 1. The number of anilines is 2. The second-order valence-corrected chi connectivity index (χ2v) is 14.3. The summed E-state index contributed by atoms with van der Waals surface area (Å²) in [6.45, 7) is 17.2. The van der Waals surface area contributed by atoms with E-state index in [1.165, 1.54) is 0 Å². The van der Waals surface area contributed by atoms with Gasteiger partial charge in [0, 0.05) is 24.7 Å². The predicted octanol–water partition coefficient (Wildman–Crippen LogP) is 4.27. The molecular formula is C23H36N4O3Si. The van der Waals surface area contributed by atoms with Crippen molar-refractivity contribution in [2.24, 2.45) is 0 Å². The summed E-state index contributed by atoms with van der Waals surface area (Å²) in [6.07, 6.45) is 0. The SMILES string of the molecule is Cc1ccc(N)nc1-c1cc(OCCO[Si](C)(C)C(C)(C)C)nc(N2CCOCC2)c1. The highest BCUT2D eigenvalue weighted by molar-refractivity contribution is 6.74. The summed E-state index contributed by atoms with van der Waals surface area (Å²) in [5.41, 5.74) is 8.81. The van der Waals surface area contributed by atoms with Crippen LogP contribution in [-0.4, -0.2) is 57.8 Å². The van der Waals surface area contributed by atoms with Crippen LogP contribution in [0.2, 0.25) is 18.1 Å². The number of morpholine rings is 1. The molecule has 0 radical (unpaired) electrons. The quantitative estimate of drug-likeness (QED) is 0.504. The Morgan fingerprint density at radius 1 is 1.10 bits per heavy atom. The molecule has 0 saturated carbocycles. The summed E-state index contributed by atoms with van der Waals surface area (Å²) >= 11 is 0. The summed E-state index contributed by atoms with van der Waals surface area (Å²) in [5, 5.41) is 0.172. The summed E-state index contributed by atoms with van der Waals surface area (Å²) in [5.74, 6) is 1.93. The van der Waals surface area contributed by atoms with E-state index < -0.39 is 8.32 Å². The number of aromatic nitrogens is 2. The Morgan fingerprint density at radius 3 is 2.48 bits per heavy atom. The summed E-state index contributed by atoms with van der Waals surface area (Å²) in [7, 11) is -1.80. The molecule has 0 spiro atoms. The fraction of sp³-hybridized carbons (Fsp3) is 0.565. The molecule has 0 bridgehead atoms. The van der Waals surface area contributed by atoms with Gasteiger partial charge in [-0.15, -0.1) is 0 Å². The first-order valence-electron chi connectivity index (χ1n) is 10.9. The van der Waals surface area contributed by atoms with Crippen LogP contribution in [0, 0.1) is 6.92 Å². The van der Waals surface area contributed by atoms with Crippen LogP contribution in [0.25, 0.3) is 11.3 Å². The molecule has 31 heavy (non-hydrogen) atoms. The second-order valence-electron chi connectivity index (χ2n) is 9.51. The highest BCUT2D eigenvalue weighted by atomic mass is 28.4. The van der Waals surface area contributed by atoms with Gasteiger partial charge in [0.25, 0.3) is 0 Å². The topological polar surface area (TPSA) is 82.7 Å². The molecule has 3 rings (SSSR count). The van der Waals surface area contributed by atoms with Gasteiger partial charge in [-0.1, -0.05) is 26.8 Å². The van der Waals surface area contributed by atoms with Crippen LogP contribution >= 0.6 is 0 Å². The van der Waals surface area contributed by atoms with E-state index in [-0.39, 0.29) is 5.04 Å². The fourth-order valence-electron chi connectivity index (χ4n) is 3.15. The molecule has 1 aliphatic heterocycles. The van der Waals surface area contributed by atoms with Crippen LogP contribution in [-0.2, 0) is 9.16 Å². The van der Waals surface area contributed by atoms with Gasteiger partial charge in [-0.25, -0.2) is 4.98 Å². The lowest BCUT2D eigenvalue weighted by atomic mass is 10.1. The molecule has 170 valence electrons. The Labute approximate surface area is 187 Å². The molecule has 0 unspecified atom stereocenters. The lowest BCUT2D eigenvalue weighted by Crippen LogP contribution is -2.41. The molecular weight excluding hydrogens is 408 g/mol. The molecule has 0 atom stereocenters. The normalized spacial score (nSPS) is 15.2. The summed E-state index contributed by atoms with van der Waals surface area (Å²) < 4.78 is 17.8. The lowest BCUT2D eigenvalue weighted by molar-refractivity contribution is 0.122. The van der Waals surface area contributed by atoms with Crippen LogP contribution in [0.15, 0.2) is 24.3 Å². The fourth-order valence-corrected chi connectivity index (χ4v) is 4.18. The van der Waals surface area contributed by atoms with Crippen molar-refractivity contribution in [3.8, 4) is 17.1 Å². The van der Waals surface area contributed by atoms with Crippen molar-refractivity contribution in [1.29, 1.82) is 0 Å². The number of pyridine rings is 2. The molecule has 1 fully saturated rings. The Bertz CT molecular complexity index is 893. The third-order valence-corrected chi connectivity index (χ3v) is 10.7. The standard InChI is InChI=1S/C23H36N4O3Si/c1-17-7-8-19(24)25-22(17)18-15-20(27-9-11-28-12-10-27)26-21(16-18)29-13-14-30-31(5,6)23(2,3)4/h7-8,15-16H,9-14H2,1-6H3,(H2,24,25). The van der Waals surface area contributed by atoms with Crippen LogP contribution in [0.1, 0.15) is 26.3 Å². The second kappa shape index (κ2) is 9.54. The highest BCUT2D eigenvalue weighted by Crippen LogP contribution is 2.36. The minimum Gasteiger partial charge on any atom is -0.475 e. The lowest BCUT2D eigenvalue weighted by Gasteiger charge is -2.36. The van der Waals surface area contributed by atoms with Gasteiger partial charge in [0.2, 0.25) is 5.88 Å². The minimum atomic E-state index is -1.80. The van der Waals surface area contributed by atoms with Crippen molar-refractivity contribution in [3.63, 3.8) is 0 Å². The smallest absolute Gasteiger partial charge is 0.215 e. The van der Waals surface area contributed by atoms with Crippen LogP contribution in [0.3, 0.4) is 0 Å². The molecule has 8 heteroatoms. The molecule has 7 nitrogen and oxygen atoms in total. The van der Waals surface area contributed by atoms with E-state index in [1.807, 2.05) is 25.1 Å². The van der Waals surface area contributed by atoms with Crippen molar-refractivity contribution in [1.82, 2.24) is 9.97 Å². The Morgan fingerprint density at radius 2 is 1.81 bits per heavy atom. The third-order valence-electron chi connectivity index (χ3n) is 6.12. The summed E-state index contributed by atoms with van der Waals surface area (Å²) in [4.78, 5) is 11.5. The molecule has 1 aliphatic rings. The first kappa shape index (κ1) is 23.5. The van der Waals surface area contributed by atoms with Gasteiger partial charge in [0.05, 0.1) is 25.5 Å². The molecule has 2 aromatic rings. The highest BCUT2D eigenvalue weighted by Gasteiger charge is 2.36. The summed E-state index contributed by atoms with van der Waals surface area (Å²) in [6, 6.07) is 7.79. The molecule has 0 aliphatic carbocycles.